The van der Waals surface area contributed by atoms with E-state index in [1.807, 2.05) is 6.07 Å². The average molecular weight is 364 g/mol. The number of aromatic nitrogens is 2. The molecule has 132 valence electrons. The van der Waals surface area contributed by atoms with Crippen molar-refractivity contribution >= 4 is 10.0 Å². The predicted octanol–water partition coefficient (Wildman–Crippen LogP) is 1.47. The fourth-order valence-corrected chi connectivity index (χ4v) is 3.82. The Morgan fingerprint density at radius 3 is 2.75 bits per heavy atom. The second-order valence-corrected chi connectivity index (χ2v) is 7.33. The minimum absolute atomic E-state index is 0.0143. The highest BCUT2D eigenvalue weighted by Crippen LogP contribution is 2.24. The van der Waals surface area contributed by atoms with Gasteiger partial charge >= 0.3 is 6.18 Å². The van der Waals surface area contributed by atoms with Crippen molar-refractivity contribution in [3.8, 4) is 11.9 Å². The van der Waals surface area contributed by atoms with Crippen molar-refractivity contribution in [2.75, 3.05) is 18.8 Å². The van der Waals surface area contributed by atoms with Gasteiger partial charge in [-0.1, -0.05) is 0 Å². The molecule has 2 heterocycles. The van der Waals surface area contributed by atoms with Crippen molar-refractivity contribution < 1.29 is 26.3 Å². The van der Waals surface area contributed by atoms with Crippen LogP contribution in [0.4, 0.5) is 13.2 Å². The van der Waals surface area contributed by atoms with Gasteiger partial charge in [-0.2, -0.15) is 22.7 Å². The summed E-state index contributed by atoms with van der Waals surface area (Å²) in [6, 6.07) is 1.81. The zero-order valence-corrected chi connectivity index (χ0v) is 13.3. The van der Waals surface area contributed by atoms with Crippen LogP contribution in [-0.2, 0) is 10.0 Å². The third-order valence-corrected chi connectivity index (χ3v) is 5.27. The Morgan fingerprint density at radius 2 is 2.08 bits per heavy atom. The van der Waals surface area contributed by atoms with Gasteiger partial charge in [-0.3, -0.25) is 0 Å². The lowest BCUT2D eigenvalue weighted by atomic mass is 10.1. The van der Waals surface area contributed by atoms with Gasteiger partial charge in [0.25, 0.3) is 5.88 Å². The molecule has 7 nitrogen and oxygen atoms in total. The summed E-state index contributed by atoms with van der Waals surface area (Å²) in [5.74, 6) is -1.00. The fraction of sp³-hybridized carbons (Fsp3) is 0.615. The van der Waals surface area contributed by atoms with Crippen LogP contribution in [0.1, 0.15) is 25.0 Å². The van der Waals surface area contributed by atoms with Crippen LogP contribution < -0.4 is 4.74 Å². The van der Waals surface area contributed by atoms with E-state index in [1.54, 1.807) is 0 Å². The standard InChI is InChI=1S/C13H15F3N4O3S/c14-13(15,16)3-7-24(21,22)20-6-1-2-10(9-20)23-12-11(8-17)18-4-5-19-12/h4-5,10H,1-3,6-7,9H2/t10-/m0/s1. The van der Waals surface area contributed by atoms with Crippen molar-refractivity contribution in [3.63, 3.8) is 0 Å². The fourth-order valence-electron chi connectivity index (χ4n) is 2.27. The Balaban J connectivity index is 2.02. The molecule has 0 bridgehead atoms. The first-order valence-corrected chi connectivity index (χ1v) is 8.74. The molecule has 1 saturated heterocycles. The lowest BCUT2D eigenvalue weighted by Crippen LogP contribution is -2.45. The number of nitrogens with zero attached hydrogens (tertiary/aromatic N) is 4. The summed E-state index contributed by atoms with van der Waals surface area (Å²) >= 11 is 0. The number of nitriles is 1. The van der Waals surface area contributed by atoms with Crippen LogP contribution in [0.25, 0.3) is 0 Å². The first kappa shape index (κ1) is 18.4. The van der Waals surface area contributed by atoms with Gasteiger partial charge in [0.2, 0.25) is 15.7 Å². The molecule has 1 aromatic heterocycles. The average Bonchev–Trinajstić information content (AvgIpc) is 2.53. The van der Waals surface area contributed by atoms with Gasteiger partial charge in [0.15, 0.2) is 0 Å². The maximum absolute atomic E-state index is 12.2. The predicted molar refractivity (Wildman–Crippen MR) is 76.4 cm³/mol. The van der Waals surface area contributed by atoms with Gasteiger partial charge in [0, 0.05) is 18.9 Å². The molecule has 1 aromatic rings. The van der Waals surface area contributed by atoms with E-state index < -0.39 is 34.5 Å². The minimum Gasteiger partial charge on any atom is -0.471 e. The molecule has 0 radical (unpaired) electrons. The van der Waals surface area contributed by atoms with Gasteiger partial charge in [0.05, 0.1) is 18.7 Å². The van der Waals surface area contributed by atoms with Crippen molar-refractivity contribution in [1.29, 1.82) is 5.26 Å². The lowest BCUT2D eigenvalue weighted by molar-refractivity contribution is -0.130. The topological polar surface area (TPSA) is 96.2 Å². The van der Waals surface area contributed by atoms with Crippen molar-refractivity contribution in [1.82, 2.24) is 14.3 Å². The first-order valence-electron chi connectivity index (χ1n) is 7.13. The first-order chi connectivity index (χ1) is 11.2. The maximum Gasteiger partial charge on any atom is 0.390 e. The van der Waals surface area contributed by atoms with Gasteiger partial charge in [-0.25, -0.2) is 18.4 Å². The quantitative estimate of drug-likeness (QED) is 0.785. The summed E-state index contributed by atoms with van der Waals surface area (Å²) in [5, 5.41) is 8.93. The van der Waals surface area contributed by atoms with E-state index in [1.165, 1.54) is 12.4 Å². The number of hydrogen-bond donors (Lipinski definition) is 0. The largest absolute Gasteiger partial charge is 0.471 e. The highest BCUT2D eigenvalue weighted by Gasteiger charge is 2.35. The molecular formula is C13H15F3N4O3S. The Hall–Kier alpha value is -1.93. The molecule has 0 aliphatic carbocycles. The number of sulfonamides is 1. The third-order valence-electron chi connectivity index (χ3n) is 3.43. The number of hydrogen-bond acceptors (Lipinski definition) is 6. The van der Waals surface area contributed by atoms with Crippen LogP contribution in [0.3, 0.4) is 0 Å². The number of rotatable bonds is 5. The van der Waals surface area contributed by atoms with Gasteiger partial charge < -0.3 is 4.74 Å². The zero-order chi connectivity index (χ0) is 17.8. The summed E-state index contributed by atoms with van der Waals surface area (Å²) < 4.78 is 67.3. The monoisotopic (exact) mass is 364 g/mol. The van der Waals surface area contributed by atoms with Crippen molar-refractivity contribution in [2.24, 2.45) is 0 Å². The van der Waals surface area contributed by atoms with Crippen LogP contribution in [0.5, 0.6) is 5.88 Å². The van der Waals surface area contributed by atoms with E-state index in [-0.39, 0.29) is 24.7 Å². The van der Waals surface area contributed by atoms with E-state index in [0.29, 0.717) is 12.8 Å². The Kier molecular flexibility index (Phi) is 5.61. The minimum atomic E-state index is -4.53. The highest BCUT2D eigenvalue weighted by atomic mass is 32.2. The normalized spacial score (nSPS) is 19.7. The lowest BCUT2D eigenvalue weighted by Gasteiger charge is -2.31. The molecule has 1 atom stereocenters. The summed E-state index contributed by atoms with van der Waals surface area (Å²) in [6.07, 6.45) is -2.91. The second kappa shape index (κ2) is 7.31. The third kappa shape index (κ3) is 5.04. The molecule has 1 aliphatic rings. The maximum atomic E-state index is 12.2. The smallest absolute Gasteiger partial charge is 0.390 e. The zero-order valence-electron chi connectivity index (χ0n) is 12.5. The van der Waals surface area contributed by atoms with Crippen LogP contribution >= 0.6 is 0 Å². The Morgan fingerprint density at radius 1 is 1.38 bits per heavy atom. The van der Waals surface area contributed by atoms with Crippen molar-refractivity contribution in [3.05, 3.63) is 18.1 Å². The van der Waals surface area contributed by atoms with E-state index in [0.717, 1.165) is 4.31 Å². The molecule has 1 fully saturated rings. The summed E-state index contributed by atoms with van der Waals surface area (Å²) in [4.78, 5) is 7.66. The number of piperidine rings is 1. The van der Waals surface area contributed by atoms with Crippen LogP contribution in [-0.4, -0.2) is 53.8 Å². The molecule has 2 rings (SSSR count). The molecule has 0 saturated carbocycles. The van der Waals surface area contributed by atoms with Crippen LogP contribution in [0.15, 0.2) is 12.4 Å². The van der Waals surface area contributed by atoms with E-state index in [2.05, 4.69) is 9.97 Å². The summed E-state index contributed by atoms with van der Waals surface area (Å²) in [5.41, 5.74) is -0.0328. The summed E-state index contributed by atoms with van der Waals surface area (Å²) in [6.45, 7) is 0.0628. The van der Waals surface area contributed by atoms with E-state index in [9.17, 15) is 21.6 Å². The van der Waals surface area contributed by atoms with Gasteiger partial charge in [-0.05, 0) is 12.8 Å². The van der Waals surface area contributed by atoms with E-state index in [4.69, 9.17) is 10.00 Å². The summed E-state index contributed by atoms with van der Waals surface area (Å²) in [7, 11) is -4.03. The molecule has 0 aromatic carbocycles. The van der Waals surface area contributed by atoms with Crippen LogP contribution in [0.2, 0.25) is 0 Å². The highest BCUT2D eigenvalue weighted by molar-refractivity contribution is 7.89. The van der Waals surface area contributed by atoms with Crippen LogP contribution in [0, 0.1) is 11.3 Å². The van der Waals surface area contributed by atoms with Gasteiger partial charge in [0.1, 0.15) is 12.2 Å². The SMILES string of the molecule is N#Cc1nccnc1O[C@H]1CCCN(S(=O)(=O)CCC(F)(F)F)C1. The second-order valence-electron chi connectivity index (χ2n) is 5.24. The molecule has 0 unspecified atom stereocenters. The molecule has 11 heteroatoms. The molecule has 24 heavy (non-hydrogen) atoms. The molecule has 0 amide bonds. The molecule has 0 N–H and O–H groups in total. The Labute approximate surface area is 137 Å². The number of halogens is 3. The number of alkyl halides is 3. The van der Waals surface area contributed by atoms with E-state index >= 15 is 0 Å². The number of ether oxygens (including phenoxy) is 1. The molecule has 1 aliphatic heterocycles. The molecule has 0 spiro atoms. The Bertz CT molecular complexity index is 718. The van der Waals surface area contributed by atoms with Crippen molar-refractivity contribution in [2.45, 2.75) is 31.5 Å². The van der Waals surface area contributed by atoms with Gasteiger partial charge in [-0.15, -0.1) is 0 Å². The molecular weight excluding hydrogens is 349 g/mol.